The van der Waals surface area contributed by atoms with Crippen molar-refractivity contribution in [1.29, 1.82) is 0 Å². The van der Waals surface area contributed by atoms with Gasteiger partial charge in [0.25, 0.3) is 5.69 Å². The van der Waals surface area contributed by atoms with Crippen LogP contribution in [0.3, 0.4) is 0 Å². The molecule has 0 aliphatic heterocycles. The zero-order chi connectivity index (χ0) is 11.4. The third kappa shape index (κ3) is 3.02. The van der Waals surface area contributed by atoms with Crippen LogP contribution in [0, 0.1) is 17.0 Å². The number of rotatable bonds is 4. The number of carbonyl (C=O) groups excluding carboxylic acids is 1. The first-order chi connectivity index (χ1) is 7.04. The summed E-state index contributed by atoms with van der Waals surface area (Å²) >= 11 is 5.38. The summed E-state index contributed by atoms with van der Waals surface area (Å²) in [5.41, 5.74) is 1.56. The van der Waals surface area contributed by atoms with Gasteiger partial charge in [0, 0.05) is 18.6 Å². The molecule has 0 aliphatic carbocycles. The van der Waals surface area contributed by atoms with E-state index in [2.05, 4.69) is 0 Å². The molecule has 0 amide bonds. The van der Waals surface area contributed by atoms with Crippen LogP contribution in [-0.2, 0) is 11.2 Å². The van der Waals surface area contributed by atoms with Crippen molar-refractivity contribution >= 4 is 23.1 Å². The van der Waals surface area contributed by atoms with Crippen LogP contribution >= 0.6 is 11.6 Å². The Hall–Kier alpha value is -1.42. The summed E-state index contributed by atoms with van der Waals surface area (Å²) < 4.78 is 0. The fourth-order valence-corrected chi connectivity index (χ4v) is 1.35. The predicted octanol–water partition coefficient (Wildman–Crippen LogP) is 2.25. The van der Waals surface area contributed by atoms with E-state index < -0.39 is 4.92 Å². The van der Waals surface area contributed by atoms with Crippen molar-refractivity contribution in [2.75, 3.05) is 5.88 Å². The maximum atomic E-state index is 11.1. The molecule has 0 heterocycles. The van der Waals surface area contributed by atoms with Crippen LogP contribution in [0.1, 0.15) is 11.1 Å². The van der Waals surface area contributed by atoms with Gasteiger partial charge in [-0.3, -0.25) is 14.9 Å². The van der Waals surface area contributed by atoms with Gasteiger partial charge in [-0.15, -0.1) is 11.6 Å². The van der Waals surface area contributed by atoms with Crippen molar-refractivity contribution in [2.45, 2.75) is 13.3 Å². The van der Waals surface area contributed by atoms with E-state index in [4.69, 9.17) is 11.6 Å². The quantitative estimate of drug-likeness (QED) is 0.450. The Morgan fingerprint density at radius 2 is 2.20 bits per heavy atom. The van der Waals surface area contributed by atoms with E-state index in [0.29, 0.717) is 0 Å². The molecule has 1 rings (SSSR count). The molecule has 1 aromatic carbocycles. The van der Waals surface area contributed by atoms with Crippen molar-refractivity contribution in [2.24, 2.45) is 0 Å². The number of hydrogen-bond donors (Lipinski definition) is 0. The molecule has 0 saturated heterocycles. The molecule has 0 spiro atoms. The molecule has 0 N–H and O–H groups in total. The largest absolute Gasteiger partial charge is 0.298 e. The second-order valence-electron chi connectivity index (χ2n) is 3.22. The summed E-state index contributed by atoms with van der Waals surface area (Å²) in [7, 11) is 0. The standard InChI is InChI=1S/C10H10ClNO3/c1-7-4-9(12(14)15)3-2-8(7)5-10(13)6-11/h2-4H,5-6H2,1H3. The summed E-state index contributed by atoms with van der Waals surface area (Å²) in [5, 5.41) is 10.5. The Kier molecular flexibility index (Phi) is 3.80. The van der Waals surface area contributed by atoms with E-state index in [1.807, 2.05) is 0 Å². The molecule has 0 unspecified atom stereocenters. The highest BCUT2D eigenvalue weighted by molar-refractivity contribution is 6.27. The number of Topliss-reactive ketones (excluding diaryl/α,β-unsaturated/α-hetero) is 1. The fraction of sp³-hybridized carbons (Fsp3) is 0.300. The Bertz CT molecular complexity index is 404. The van der Waals surface area contributed by atoms with Gasteiger partial charge in [-0.1, -0.05) is 6.07 Å². The maximum absolute atomic E-state index is 11.1. The van der Waals surface area contributed by atoms with Gasteiger partial charge >= 0.3 is 0 Å². The van der Waals surface area contributed by atoms with Crippen LogP contribution in [0.25, 0.3) is 0 Å². The van der Waals surface area contributed by atoms with E-state index in [1.165, 1.54) is 12.1 Å². The molecule has 0 atom stereocenters. The van der Waals surface area contributed by atoms with Gasteiger partial charge in [0.05, 0.1) is 10.8 Å². The highest BCUT2D eigenvalue weighted by Gasteiger charge is 2.10. The van der Waals surface area contributed by atoms with Crippen molar-refractivity contribution in [3.63, 3.8) is 0 Å². The van der Waals surface area contributed by atoms with Gasteiger partial charge in [-0.05, 0) is 18.1 Å². The fourth-order valence-electron chi connectivity index (χ4n) is 1.25. The number of non-ortho nitro benzene ring substituents is 1. The van der Waals surface area contributed by atoms with Crippen LogP contribution < -0.4 is 0 Å². The number of carbonyl (C=O) groups is 1. The summed E-state index contributed by atoms with van der Waals surface area (Å²) in [6.45, 7) is 1.74. The van der Waals surface area contributed by atoms with E-state index >= 15 is 0 Å². The Labute approximate surface area is 92.0 Å². The molecule has 0 aliphatic rings. The Morgan fingerprint density at radius 3 is 2.67 bits per heavy atom. The van der Waals surface area contributed by atoms with E-state index in [1.54, 1.807) is 13.0 Å². The third-order valence-corrected chi connectivity index (χ3v) is 2.37. The molecule has 4 nitrogen and oxygen atoms in total. The van der Waals surface area contributed by atoms with Crippen LogP contribution in [-0.4, -0.2) is 16.6 Å². The van der Waals surface area contributed by atoms with Gasteiger partial charge in [0.15, 0.2) is 5.78 Å². The Balaban J connectivity index is 2.93. The SMILES string of the molecule is Cc1cc([N+](=O)[O-])ccc1CC(=O)CCl. The smallest absolute Gasteiger partial charge is 0.269 e. The second kappa shape index (κ2) is 4.89. The van der Waals surface area contributed by atoms with Gasteiger partial charge in [-0.25, -0.2) is 0 Å². The molecular weight excluding hydrogens is 218 g/mol. The van der Waals surface area contributed by atoms with Crippen molar-refractivity contribution in [3.8, 4) is 0 Å². The highest BCUT2D eigenvalue weighted by Crippen LogP contribution is 2.17. The van der Waals surface area contributed by atoms with Crippen LogP contribution in [0.5, 0.6) is 0 Å². The number of nitro benzene ring substituents is 1. The topological polar surface area (TPSA) is 60.2 Å². The first kappa shape index (κ1) is 11.7. The lowest BCUT2D eigenvalue weighted by molar-refractivity contribution is -0.384. The molecule has 0 aromatic heterocycles. The lowest BCUT2D eigenvalue weighted by Gasteiger charge is -2.03. The number of benzene rings is 1. The van der Waals surface area contributed by atoms with Crippen molar-refractivity contribution < 1.29 is 9.72 Å². The number of ketones is 1. The highest BCUT2D eigenvalue weighted by atomic mass is 35.5. The monoisotopic (exact) mass is 227 g/mol. The Morgan fingerprint density at radius 1 is 1.53 bits per heavy atom. The van der Waals surface area contributed by atoms with Crippen LogP contribution in [0.15, 0.2) is 18.2 Å². The summed E-state index contributed by atoms with van der Waals surface area (Å²) in [4.78, 5) is 21.1. The minimum absolute atomic E-state index is 0.0313. The van der Waals surface area contributed by atoms with E-state index in [-0.39, 0.29) is 23.8 Å². The predicted molar refractivity (Wildman–Crippen MR) is 57.3 cm³/mol. The molecule has 0 radical (unpaired) electrons. The molecule has 0 fully saturated rings. The van der Waals surface area contributed by atoms with E-state index in [0.717, 1.165) is 11.1 Å². The van der Waals surface area contributed by atoms with Crippen molar-refractivity contribution in [1.82, 2.24) is 0 Å². The number of nitro groups is 1. The van der Waals surface area contributed by atoms with Crippen molar-refractivity contribution in [3.05, 3.63) is 39.4 Å². The van der Waals surface area contributed by atoms with E-state index in [9.17, 15) is 14.9 Å². The lowest BCUT2D eigenvalue weighted by atomic mass is 10.0. The molecule has 0 saturated carbocycles. The van der Waals surface area contributed by atoms with Gasteiger partial charge < -0.3 is 0 Å². The molecule has 5 heteroatoms. The van der Waals surface area contributed by atoms with Gasteiger partial charge in [-0.2, -0.15) is 0 Å². The average Bonchev–Trinajstić information content (AvgIpc) is 2.20. The van der Waals surface area contributed by atoms with Crippen LogP contribution in [0.2, 0.25) is 0 Å². The summed E-state index contributed by atoms with van der Waals surface area (Å²) in [6, 6.07) is 4.44. The minimum atomic E-state index is -0.458. The summed E-state index contributed by atoms with van der Waals surface area (Å²) in [6.07, 6.45) is 0.229. The number of nitrogens with zero attached hydrogens (tertiary/aromatic N) is 1. The molecule has 15 heavy (non-hydrogen) atoms. The summed E-state index contributed by atoms with van der Waals surface area (Å²) in [5.74, 6) is -0.121. The molecular formula is C10H10ClNO3. The molecule has 1 aromatic rings. The minimum Gasteiger partial charge on any atom is -0.298 e. The zero-order valence-corrected chi connectivity index (χ0v) is 8.95. The van der Waals surface area contributed by atoms with Crippen LogP contribution in [0.4, 0.5) is 5.69 Å². The molecule has 0 bridgehead atoms. The van der Waals surface area contributed by atoms with Gasteiger partial charge in [0.2, 0.25) is 0 Å². The second-order valence-corrected chi connectivity index (χ2v) is 3.48. The number of hydrogen-bond acceptors (Lipinski definition) is 3. The first-order valence-corrected chi connectivity index (χ1v) is 4.89. The average molecular weight is 228 g/mol. The normalized spacial score (nSPS) is 10.0. The first-order valence-electron chi connectivity index (χ1n) is 4.36. The number of halogens is 1. The maximum Gasteiger partial charge on any atom is 0.269 e. The zero-order valence-electron chi connectivity index (χ0n) is 8.20. The molecule has 80 valence electrons. The third-order valence-electron chi connectivity index (χ3n) is 2.07. The number of aryl methyl sites for hydroxylation is 1. The lowest BCUT2D eigenvalue weighted by Crippen LogP contribution is -2.05. The number of alkyl halides is 1. The van der Waals surface area contributed by atoms with Gasteiger partial charge in [0.1, 0.15) is 0 Å².